The Morgan fingerprint density at radius 1 is 1.18 bits per heavy atom. The predicted molar refractivity (Wildman–Crippen MR) is 109 cm³/mol. The molecule has 0 radical (unpaired) electrons. The summed E-state index contributed by atoms with van der Waals surface area (Å²) in [6.45, 7) is 5.42. The average Bonchev–Trinajstić information content (AvgIpc) is 3.36. The summed E-state index contributed by atoms with van der Waals surface area (Å²) in [5, 5.41) is 10.2. The number of aromatic nitrogens is 2. The van der Waals surface area contributed by atoms with Gasteiger partial charge in [-0.2, -0.15) is 9.49 Å². The molecule has 0 aliphatic carbocycles. The molecule has 0 saturated carbocycles. The van der Waals surface area contributed by atoms with Gasteiger partial charge in [0.05, 0.1) is 30.4 Å². The number of anilines is 2. The Bertz CT molecular complexity index is 874. The summed E-state index contributed by atoms with van der Waals surface area (Å²) >= 11 is 1.09. The molecule has 3 aromatic rings. The molecule has 3 heterocycles. The number of H-pyrrole nitrogens is 1. The van der Waals surface area contributed by atoms with Crippen LogP contribution in [0.4, 0.5) is 15.9 Å². The van der Waals surface area contributed by atoms with E-state index in [2.05, 4.69) is 20.4 Å². The number of rotatable bonds is 8. The molecule has 0 bridgehead atoms. The van der Waals surface area contributed by atoms with E-state index in [1.54, 1.807) is 6.07 Å². The molecule has 1 aliphatic heterocycles. The maximum Gasteiger partial charge on any atom is 0.177 e. The molecular formula is C20H23FN4O2S. The molecule has 0 spiro atoms. The summed E-state index contributed by atoms with van der Waals surface area (Å²) in [6, 6.07) is 12.9. The van der Waals surface area contributed by atoms with Gasteiger partial charge in [0.25, 0.3) is 0 Å². The number of hydrogen-bond donors (Lipinski definition) is 2. The molecule has 0 unspecified atom stereocenters. The van der Waals surface area contributed by atoms with Crippen molar-refractivity contribution >= 4 is 22.8 Å². The van der Waals surface area contributed by atoms with Crippen LogP contribution in [0, 0.1) is 5.13 Å². The topological polar surface area (TPSA) is 62.4 Å². The van der Waals surface area contributed by atoms with Crippen molar-refractivity contribution in [3.05, 3.63) is 47.6 Å². The number of ether oxygens (including phenoxy) is 2. The summed E-state index contributed by atoms with van der Waals surface area (Å²) < 4.78 is 24.3. The van der Waals surface area contributed by atoms with Crippen LogP contribution in [0.15, 0.2) is 42.5 Å². The van der Waals surface area contributed by atoms with E-state index in [1.807, 2.05) is 30.3 Å². The second kappa shape index (κ2) is 9.18. The number of morpholine rings is 1. The molecule has 1 saturated heterocycles. The second-order valence-electron chi connectivity index (χ2n) is 6.58. The van der Waals surface area contributed by atoms with Gasteiger partial charge in [-0.05, 0) is 42.8 Å². The summed E-state index contributed by atoms with van der Waals surface area (Å²) in [7, 11) is 0. The zero-order chi connectivity index (χ0) is 19.2. The van der Waals surface area contributed by atoms with Crippen molar-refractivity contribution in [2.45, 2.75) is 6.42 Å². The first-order chi connectivity index (χ1) is 13.8. The fraction of sp³-hybridized carbons (Fsp3) is 0.350. The molecule has 4 rings (SSSR count). The number of benzene rings is 1. The van der Waals surface area contributed by atoms with Crippen molar-refractivity contribution in [1.29, 1.82) is 0 Å². The third kappa shape index (κ3) is 5.09. The smallest absolute Gasteiger partial charge is 0.177 e. The van der Waals surface area contributed by atoms with Crippen LogP contribution >= 0.6 is 11.3 Å². The SMILES string of the molecule is Fc1ccc(-c2cc(Nc3ccc(OCCCN4CCOCC4)cc3)n[nH]2)s1. The van der Waals surface area contributed by atoms with Gasteiger partial charge in [0.1, 0.15) is 5.75 Å². The molecule has 148 valence electrons. The van der Waals surface area contributed by atoms with E-state index < -0.39 is 0 Å². The predicted octanol–water partition coefficient (Wildman–Crippen LogP) is 4.12. The fourth-order valence-electron chi connectivity index (χ4n) is 3.06. The maximum absolute atomic E-state index is 13.2. The monoisotopic (exact) mass is 402 g/mol. The van der Waals surface area contributed by atoms with Crippen molar-refractivity contribution in [1.82, 2.24) is 15.1 Å². The van der Waals surface area contributed by atoms with Gasteiger partial charge in [-0.25, -0.2) is 0 Å². The number of nitrogens with one attached hydrogen (secondary N) is 2. The minimum atomic E-state index is -0.209. The minimum absolute atomic E-state index is 0.209. The Balaban J connectivity index is 1.23. The van der Waals surface area contributed by atoms with Gasteiger partial charge < -0.3 is 14.8 Å². The van der Waals surface area contributed by atoms with Crippen LogP contribution in [-0.2, 0) is 4.74 Å². The van der Waals surface area contributed by atoms with Gasteiger partial charge in [-0.1, -0.05) is 0 Å². The van der Waals surface area contributed by atoms with Crippen molar-refractivity contribution in [3.63, 3.8) is 0 Å². The Labute approximate surface area is 167 Å². The Morgan fingerprint density at radius 3 is 2.75 bits per heavy atom. The lowest BCUT2D eigenvalue weighted by atomic mass is 10.3. The lowest BCUT2D eigenvalue weighted by molar-refractivity contribution is 0.0358. The number of thiophene rings is 1. The van der Waals surface area contributed by atoms with E-state index in [1.165, 1.54) is 6.07 Å². The molecule has 0 amide bonds. The van der Waals surface area contributed by atoms with Crippen molar-refractivity contribution in [2.75, 3.05) is 44.8 Å². The molecule has 0 atom stereocenters. The zero-order valence-electron chi connectivity index (χ0n) is 15.5. The molecule has 2 N–H and O–H groups in total. The molecule has 2 aromatic heterocycles. The van der Waals surface area contributed by atoms with E-state index >= 15 is 0 Å². The van der Waals surface area contributed by atoms with Crippen molar-refractivity contribution in [3.8, 4) is 16.3 Å². The van der Waals surface area contributed by atoms with Crippen LogP contribution in [0.2, 0.25) is 0 Å². The van der Waals surface area contributed by atoms with Crippen LogP contribution in [0.3, 0.4) is 0 Å². The van der Waals surface area contributed by atoms with E-state index in [0.717, 1.165) is 72.6 Å². The van der Waals surface area contributed by atoms with Crippen LogP contribution in [0.25, 0.3) is 10.6 Å². The third-order valence-electron chi connectivity index (χ3n) is 4.53. The maximum atomic E-state index is 13.2. The van der Waals surface area contributed by atoms with E-state index in [4.69, 9.17) is 9.47 Å². The number of hydrogen-bond acceptors (Lipinski definition) is 6. The highest BCUT2D eigenvalue weighted by molar-refractivity contribution is 7.13. The fourth-order valence-corrected chi connectivity index (χ4v) is 3.75. The Morgan fingerprint density at radius 2 is 2.00 bits per heavy atom. The quantitative estimate of drug-likeness (QED) is 0.555. The first-order valence-corrected chi connectivity index (χ1v) is 10.2. The largest absolute Gasteiger partial charge is 0.494 e. The molecule has 1 aliphatic rings. The van der Waals surface area contributed by atoms with Crippen LogP contribution in [0.5, 0.6) is 5.75 Å². The van der Waals surface area contributed by atoms with Crippen LogP contribution in [0.1, 0.15) is 6.42 Å². The van der Waals surface area contributed by atoms with E-state index in [-0.39, 0.29) is 5.13 Å². The zero-order valence-corrected chi connectivity index (χ0v) is 16.3. The molecule has 28 heavy (non-hydrogen) atoms. The third-order valence-corrected chi connectivity index (χ3v) is 5.44. The van der Waals surface area contributed by atoms with Crippen molar-refractivity contribution in [2.24, 2.45) is 0 Å². The van der Waals surface area contributed by atoms with Crippen LogP contribution < -0.4 is 10.1 Å². The summed E-state index contributed by atoms with van der Waals surface area (Å²) in [5.41, 5.74) is 1.70. The van der Waals surface area contributed by atoms with Gasteiger partial charge >= 0.3 is 0 Å². The molecular weight excluding hydrogens is 379 g/mol. The minimum Gasteiger partial charge on any atom is -0.494 e. The molecule has 8 heteroatoms. The van der Waals surface area contributed by atoms with Gasteiger partial charge in [0, 0.05) is 31.4 Å². The van der Waals surface area contributed by atoms with Crippen LogP contribution in [-0.4, -0.2) is 54.6 Å². The second-order valence-corrected chi connectivity index (χ2v) is 7.61. The number of nitrogens with zero attached hydrogens (tertiary/aromatic N) is 2. The van der Waals surface area contributed by atoms with E-state index in [9.17, 15) is 4.39 Å². The molecule has 1 aromatic carbocycles. The van der Waals surface area contributed by atoms with E-state index in [0.29, 0.717) is 12.4 Å². The highest BCUT2D eigenvalue weighted by atomic mass is 32.1. The molecule has 6 nitrogen and oxygen atoms in total. The van der Waals surface area contributed by atoms with Gasteiger partial charge in [-0.15, -0.1) is 11.3 Å². The highest BCUT2D eigenvalue weighted by Gasteiger charge is 2.10. The average molecular weight is 402 g/mol. The lowest BCUT2D eigenvalue weighted by Gasteiger charge is -2.26. The number of halogens is 1. The summed E-state index contributed by atoms with van der Waals surface area (Å²) in [6.07, 6.45) is 0.999. The molecule has 1 fully saturated rings. The number of aromatic amines is 1. The Kier molecular flexibility index (Phi) is 6.20. The lowest BCUT2D eigenvalue weighted by Crippen LogP contribution is -2.37. The highest BCUT2D eigenvalue weighted by Crippen LogP contribution is 2.28. The summed E-state index contributed by atoms with van der Waals surface area (Å²) in [5.74, 6) is 1.53. The van der Waals surface area contributed by atoms with Crippen molar-refractivity contribution < 1.29 is 13.9 Å². The Hall–Kier alpha value is -2.42. The first kappa shape index (κ1) is 18.9. The normalized spacial score (nSPS) is 14.9. The van der Waals surface area contributed by atoms with Gasteiger partial charge in [0.15, 0.2) is 10.9 Å². The standard InChI is InChI=1S/C20H23FN4O2S/c21-19-7-6-18(28-19)17-14-20(24-23-17)22-15-2-4-16(5-3-15)27-11-1-8-25-9-12-26-13-10-25/h2-7,14H,1,8-13H2,(H2,22,23,24). The van der Waals surface area contributed by atoms with Gasteiger partial charge in [0.2, 0.25) is 0 Å². The summed E-state index contributed by atoms with van der Waals surface area (Å²) in [4.78, 5) is 3.22. The van der Waals surface area contributed by atoms with Gasteiger partial charge in [-0.3, -0.25) is 10.00 Å². The first-order valence-electron chi connectivity index (χ1n) is 9.37.